The summed E-state index contributed by atoms with van der Waals surface area (Å²) in [4.78, 5) is 10.0. The third-order valence-electron chi connectivity index (χ3n) is 2.30. The van der Waals surface area contributed by atoms with E-state index in [2.05, 4.69) is 11.8 Å². The molecular weight excluding hydrogens is 230 g/mol. The SMILES string of the molecule is O=[N+]([O-])c1ccc(C#Cc2ccc(O)cc2)cc1. The van der Waals surface area contributed by atoms with Gasteiger partial charge in [0, 0.05) is 23.3 Å². The molecule has 0 saturated heterocycles. The molecule has 0 bridgehead atoms. The lowest BCUT2D eigenvalue weighted by Gasteiger charge is -1.92. The Morgan fingerprint density at radius 3 is 1.78 bits per heavy atom. The second-order valence-corrected chi connectivity index (χ2v) is 3.60. The molecule has 0 aliphatic rings. The fourth-order valence-corrected chi connectivity index (χ4v) is 1.36. The zero-order valence-electron chi connectivity index (χ0n) is 9.33. The zero-order valence-corrected chi connectivity index (χ0v) is 9.33. The first kappa shape index (κ1) is 11.7. The standard InChI is InChI=1S/C14H9NO3/c16-14-9-5-12(6-10-14)2-1-11-3-7-13(8-4-11)15(17)18/h3-10,16H. The second-order valence-electron chi connectivity index (χ2n) is 3.60. The minimum atomic E-state index is -0.447. The first-order valence-corrected chi connectivity index (χ1v) is 5.21. The van der Waals surface area contributed by atoms with Crippen molar-refractivity contribution in [3.8, 4) is 17.6 Å². The number of nitrogens with zero attached hydrogens (tertiary/aromatic N) is 1. The largest absolute Gasteiger partial charge is 0.508 e. The normalized spacial score (nSPS) is 9.33. The molecule has 0 heterocycles. The van der Waals surface area contributed by atoms with Crippen molar-refractivity contribution in [3.63, 3.8) is 0 Å². The molecule has 18 heavy (non-hydrogen) atoms. The first-order valence-electron chi connectivity index (χ1n) is 5.21. The van der Waals surface area contributed by atoms with Gasteiger partial charge < -0.3 is 5.11 Å². The highest BCUT2D eigenvalue weighted by Gasteiger charge is 2.02. The molecule has 0 fully saturated rings. The van der Waals surface area contributed by atoms with Gasteiger partial charge >= 0.3 is 0 Å². The predicted molar refractivity (Wildman–Crippen MR) is 67.2 cm³/mol. The Morgan fingerprint density at radius 2 is 1.33 bits per heavy atom. The van der Waals surface area contributed by atoms with Gasteiger partial charge in [-0.15, -0.1) is 0 Å². The van der Waals surface area contributed by atoms with Crippen LogP contribution in [0.15, 0.2) is 48.5 Å². The van der Waals surface area contributed by atoms with Crippen molar-refractivity contribution >= 4 is 5.69 Å². The van der Waals surface area contributed by atoms with Crippen molar-refractivity contribution in [1.82, 2.24) is 0 Å². The monoisotopic (exact) mass is 239 g/mol. The van der Waals surface area contributed by atoms with Crippen LogP contribution in [-0.4, -0.2) is 10.0 Å². The molecule has 0 atom stereocenters. The average Bonchev–Trinajstić information content (AvgIpc) is 2.38. The van der Waals surface area contributed by atoms with Gasteiger partial charge in [0.25, 0.3) is 5.69 Å². The molecule has 2 aromatic carbocycles. The van der Waals surface area contributed by atoms with Crippen LogP contribution >= 0.6 is 0 Å². The number of phenolic OH excluding ortho intramolecular Hbond substituents is 1. The van der Waals surface area contributed by atoms with Gasteiger partial charge in [0.1, 0.15) is 5.75 Å². The van der Waals surface area contributed by atoms with Crippen LogP contribution in [0.3, 0.4) is 0 Å². The summed E-state index contributed by atoms with van der Waals surface area (Å²) in [5, 5.41) is 19.6. The summed E-state index contributed by atoms with van der Waals surface area (Å²) in [6.07, 6.45) is 0. The topological polar surface area (TPSA) is 63.4 Å². The van der Waals surface area contributed by atoms with Crippen molar-refractivity contribution in [2.75, 3.05) is 0 Å². The van der Waals surface area contributed by atoms with E-state index < -0.39 is 4.92 Å². The summed E-state index contributed by atoms with van der Waals surface area (Å²) in [5.74, 6) is 5.99. The molecule has 4 nitrogen and oxygen atoms in total. The molecule has 0 unspecified atom stereocenters. The quantitative estimate of drug-likeness (QED) is 0.472. The Labute approximate surface area is 104 Å². The molecule has 0 radical (unpaired) electrons. The lowest BCUT2D eigenvalue weighted by molar-refractivity contribution is -0.384. The molecule has 88 valence electrons. The highest BCUT2D eigenvalue weighted by Crippen LogP contribution is 2.12. The van der Waals surface area contributed by atoms with Crippen LogP contribution < -0.4 is 0 Å². The third kappa shape index (κ3) is 2.86. The van der Waals surface area contributed by atoms with Crippen molar-refractivity contribution in [2.45, 2.75) is 0 Å². The molecular formula is C14H9NO3. The van der Waals surface area contributed by atoms with Gasteiger partial charge in [0.15, 0.2) is 0 Å². The first-order chi connectivity index (χ1) is 8.65. The number of benzene rings is 2. The molecule has 2 aromatic rings. The Morgan fingerprint density at radius 1 is 0.889 bits per heavy atom. The van der Waals surface area contributed by atoms with E-state index in [1.54, 1.807) is 36.4 Å². The molecule has 1 N–H and O–H groups in total. The lowest BCUT2D eigenvalue weighted by Crippen LogP contribution is -1.86. The van der Waals surface area contributed by atoms with Gasteiger partial charge in [0.05, 0.1) is 4.92 Å². The van der Waals surface area contributed by atoms with Crippen LogP contribution in [0.2, 0.25) is 0 Å². The Kier molecular flexibility index (Phi) is 3.26. The van der Waals surface area contributed by atoms with Crippen LogP contribution in [0.4, 0.5) is 5.69 Å². The minimum absolute atomic E-state index is 0.0465. The fourth-order valence-electron chi connectivity index (χ4n) is 1.36. The van der Waals surface area contributed by atoms with Crippen molar-refractivity contribution in [2.24, 2.45) is 0 Å². The summed E-state index contributed by atoms with van der Waals surface area (Å²) < 4.78 is 0. The summed E-state index contributed by atoms with van der Waals surface area (Å²) in [6.45, 7) is 0. The maximum absolute atomic E-state index is 10.5. The number of aromatic hydroxyl groups is 1. The van der Waals surface area contributed by atoms with Gasteiger partial charge in [-0.2, -0.15) is 0 Å². The van der Waals surface area contributed by atoms with Crippen LogP contribution in [-0.2, 0) is 0 Å². The van der Waals surface area contributed by atoms with Gasteiger partial charge in [-0.1, -0.05) is 11.8 Å². The molecule has 0 aromatic heterocycles. The van der Waals surface area contributed by atoms with E-state index in [9.17, 15) is 10.1 Å². The van der Waals surface area contributed by atoms with Gasteiger partial charge in [-0.05, 0) is 36.4 Å². The fraction of sp³-hybridized carbons (Fsp3) is 0. The van der Waals surface area contributed by atoms with Crippen molar-refractivity contribution < 1.29 is 10.0 Å². The predicted octanol–water partition coefficient (Wildman–Crippen LogP) is 2.70. The summed E-state index contributed by atoms with van der Waals surface area (Å²) in [6, 6.07) is 12.6. The number of rotatable bonds is 1. The van der Waals surface area contributed by atoms with E-state index in [-0.39, 0.29) is 11.4 Å². The third-order valence-corrected chi connectivity index (χ3v) is 2.30. The van der Waals surface area contributed by atoms with Crippen molar-refractivity contribution in [3.05, 3.63) is 69.8 Å². The summed E-state index contributed by atoms with van der Waals surface area (Å²) in [5.41, 5.74) is 1.52. The van der Waals surface area contributed by atoms with Gasteiger partial charge in [-0.25, -0.2) is 0 Å². The average molecular weight is 239 g/mol. The second kappa shape index (κ2) is 5.02. The van der Waals surface area contributed by atoms with E-state index in [0.717, 1.165) is 5.56 Å². The van der Waals surface area contributed by atoms with Crippen molar-refractivity contribution in [1.29, 1.82) is 0 Å². The number of nitro groups is 1. The van der Waals surface area contributed by atoms with Gasteiger partial charge in [0.2, 0.25) is 0 Å². The van der Waals surface area contributed by atoms with Crippen LogP contribution in [0.1, 0.15) is 11.1 Å². The lowest BCUT2D eigenvalue weighted by atomic mass is 10.1. The molecule has 0 aliphatic heterocycles. The Bertz CT molecular complexity index is 619. The maximum atomic E-state index is 10.5. The van der Waals surface area contributed by atoms with Crippen LogP contribution in [0.25, 0.3) is 0 Å². The summed E-state index contributed by atoms with van der Waals surface area (Å²) in [7, 11) is 0. The van der Waals surface area contributed by atoms with E-state index in [4.69, 9.17) is 5.11 Å². The highest BCUT2D eigenvalue weighted by atomic mass is 16.6. The van der Waals surface area contributed by atoms with E-state index in [1.807, 2.05) is 0 Å². The highest BCUT2D eigenvalue weighted by molar-refractivity contribution is 5.46. The number of phenols is 1. The molecule has 0 spiro atoms. The molecule has 2 rings (SSSR count). The number of nitro benzene ring substituents is 1. The maximum Gasteiger partial charge on any atom is 0.269 e. The Balaban J connectivity index is 2.19. The van der Waals surface area contributed by atoms with E-state index in [1.165, 1.54) is 12.1 Å². The van der Waals surface area contributed by atoms with Crippen LogP contribution in [0, 0.1) is 22.0 Å². The molecule has 0 aliphatic carbocycles. The molecule has 4 heteroatoms. The molecule has 0 saturated carbocycles. The van der Waals surface area contributed by atoms with Crippen LogP contribution in [0.5, 0.6) is 5.75 Å². The van der Waals surface area contributed by atoms with Gasteiger partial charge in [-0.3, -0.25) is 10.1 Å². The smallest absolute Gasteiger partial charge is 0.269 e. The number of non-ortho nitro benzene ring substituents is 1. The summed E-state index contributed by atoms with van der Waals surface area (Å²) >= 11 is 0. The van der Waals surface area contributed by atoms with E-state index >= 15 is 0 Å². The Hall–Kier alpha value is -2.80. The number of hydrogen-bond acceptors (Lipinski definition) is 3. The number of hydrogen-bond donors (Lipinski definition) is 1. The molecule has 0 amide bonds. The minimum Gasteiger partial charge on any atom is -0.508 e. The van der Waals surface area contributed by atoms with E-state index in [0.29, 0.717) is 5.56 Å². The zero-order chi connectivity index (χ0) is 13.0.